The van der Waals surface area contributed by atoms with E-state index in [0.717, 1.165) is 0 Å². The predicted molar refractivity (Wildman–Crippen MR) is 25.4 cm³/mol. The predicted octanol–water partition coefficient (Wildman–Crippen LogP) is 0.934. The molecule has 0 aliphatic carbocycles. The number of piperidine rings is 1. The summed E-state index contributed by atoms with van der Waals surface area (Å²) in [4.78, 5) is 0. The van der Waals surface area contributed by atoms with Gasteiger partial charge in [-0.15, -0.1) is 0 Å². The topological polar surface area (TPSA) is 3.24 Å². The Bertz CT molecular complexity index is 50.0. The van der Waals surface area contributed by atoms with Gasteiger partial charge in [0.2, 0.25) is 0 Å². The molecule has 1 heterocycles. The van der Waals surface area contributed by atoms with E-state index in [4.69, 9.17) is 0 Å². The summed E-state index contributed by atoms with van der Waals surface area (Å²) in [6.07, 6.45) is 4.33. The molecular weight excluding hydrogens is 258 g/mol. The second-order valence-electron chi connectivity index (χ2n) is 1.99. The van der Waals surface area contributed by atoms with E-state index in [1.165, 1.54) is 32.4 Å². The fraction of sp³-hybridized carbons (Fsp3) is 1.00. The van der Waals surface area contributed by atoms with Gasteiger partial charge in [-0.2, -0.15) is 0 Å². The molecule has 1 fully saturated rings. The van der Waals surface area contributed by atoms with Crippen molar-refractivity contribution in [2.75, 3.05) is 13.1 Å². The van der Waals surface area contributed by atoms with Crippen LogP contribution in [-0.2, 0) is 20.1 Å². The van der Waals surface area contributed by atoms with Gasteiger partial charge in [-0.1, -0.05) is 0 Å². The number of rotatable bonds is 0. The SMILES string of the molecule is [W][N]1CCCCC1. The summed E-state index contributed by atoms with van der Waals surface area (Å²) in [5.41, 5.74) is 0. The van der Waals surface area contributed by atoms with E-state index in [2.05, 4.69) is 3.46 Å². The van der Waals surface area contributed by atoms with E-state index in [1.54, 1.807) is 20.1 Å². The van der Waals surface area contributed by atoms with E-state index < -0.39 is 0 Å². The number of hydrogen-bond acceptors (Lipinski definition) is 1. The molecule has 0 aromatic heterocycles. The zero-order chi connectivity index (χ0) is 5.11. The third-order valence-electron chi connectivity index (χ3n) is 1.32. The van der Waals surface area contributed by atoms with Crippen molar-refractivity contribution in [1.82, 2.24) is 3.46 Å². The van der Waals surface area contributed by atoms with Crippen molar-refractivity contribution in [1.29, 1.82) is 0 Å². The molecule has 0 amide bonds. The van der Waals surface area contributed by atoms with Crippen LogP contribution in [0.5, 0.6) is 0 Å². The van der Waals surface area contributed by atoms with Crippen LogP contribution in [0.1, 0.15) is 19.3 Å². The standard InChI is InChI=1S/C5H10N.W/c1-2-4-6-5-3-1;/h1-5H2;/q-1;+1. The molecule has 0 radical (unpaired) electrons. The molecule has 7 heavy (non-hydrogen) atoms. The molecule has 0 aromatic carbocycles. The van der Waals surface area contributed by atoms with Crippen molar-refractivity contribution < 1.29 is 20.1 Å². The van der Waals surface area contributed by atoms with Crippen LogP contribution < -0.4 is 0 Å². The van der Waals surface area contributed by atoms with Gasteiger partial charge in [-0.25, -0.2) is 0 Å². The van der Waals surface area contributed by atoms with Gasteiger partial charge in [0.1, 0.15) is 0 Å². The molecule has 0 aromatic rings. The van der Waals surface area contributed by atoms with E-state index in [-0.39, 0.29) is 0 Å². The fourth-order valence-electron chi connectivity index (χ4n) is 0.865. The van der Waals surface area contributed by atoms with E-state index in [9.17, 15) is 0 Å². The molecule has 1 aliphatic rings. The number of nitrogens with zero attached hydrogens (tertiary/aromatic N) is 1. The summed E-state index contributed by atoms with van der Waals surface area (Å²) in [6.45, 7) is 2.71. The maximum absolute atomic E-state index is 2.48. The Kier molecular flexibility index (Phi) is 2.34. The van der Waals surface area contributed by atoms with Crippen molar-refractivity contribution in [3.05, 3.63) is 0 Å². The fourth-order valence-corrected chi connectivity index (χ4v) is 1.79. The molecule has 0 atom stereocenters. The van der Waals surface area contributed by atoms with Gasteiger partial charge in [0.05, 0.1) is 0 Å². The van der Waals surface area contributed by atoms with Crippen molar-refractivity contribution in [3.8, 4) is 0 Å². The summed E-state index contributed by atoms with van der Waals surface area (Å²) < 4.78 is 2.48. The Morgan fingerprint density at radius 1 is 1.00 bits per heavy atom. The third kappa shape index (κ3) is 1.92. The minimum atomic E-state index is 1.36. The van der Waals surface area contributed by atoms with Crippen LogP contribution in [0.25, 0.3) is 0 Å². The second-order valence-corrected chi connectivity index (χ2v) is 3.84. The Hall–Kier alpha value is 0.648. The summed E-state index contributed by atoms with van der Waals surface area (Å²) >= 11 is 1.65. The van der Waals surface area contributed by atoms with Crippen LogP contribution in [0, 0.1) is 0 Å². The van der Waals surface area contributed by atoms with Crippen molar-refractivity contribution in [2.24, 2.45) is 0 Å². The van der Waals surface area contributed by atoms with Gasteiger partial charge in [0.25, 0.3) is 0 Å². The monoisotopic (exact) mass is 268 g/mol. The normalized spacial score (nSPS) is 25.1. The summed E-state index contributed by atoms with van der Waals surface area (Å²) in [6, 6.07) is 0. The van der Waals surface area contributed by atoms with Gasteiger partial charge in [0, 0.05) is 0 Å². The Balaban J connectivity index is 2.12. The summed E-state index contributed by atoms with van der Waals surface area (Å²) in [5.74, 6) is 0. The molecule has 0 N–H and O–H groups in total. The second kappa shape index (κ2) is 2.84. The first-order valence-electron chi connectivity index (χ1n) is 2.82. The molecule has 41 valence electrons. The van der Waals surface area contributed by atoms with Crippen LogP contribution in [0.2, 0.25) is 0 Å². The Morgan fingerprint density at radius 2 is 1.57 bits per heavy atom. The number of hydrogen-bond donors (Lipinski definition) is 0. The van der Waals surface area contributed by atoms with Crippen LogP contribution in [-0.4, -0.2) is 16.5 Å². The van der Waals surface area contributed by atoms with Crippen molar-refractivity contribution in [3.63, 3.8) is 0 Å². The quantitative estimate of drug-likeness (QED) is 0.632. The molecule has 1 nitrogen and oxygen atoms in total. The first-order valence-corrected chi connectivity index (χ1v) is 4.13. The molecule has 1 saturated heterocycles. The molecule has 1 aliphatic heterocycles. The summed E-state index contributed by atoms with van der Waals surface area (Å²) in [5, 5.41) is 0. The Labute approximate surface area is 56.3 Å². The zero-order valence-electron chi connectivity index (χ0n) is 4.39. The van der Waals surface area contributed by atoms with Gasteiger partial charge in [-0.05, 0) is 0 Å². The molecule has 2 heteroatoms. The molecule has 0 spiro atoms. The molecule has 1 rings (SSSR count). The zero-order valence-corrected chi connectivity index (χ0v) is 7.32. The van der Waals surface area contributed by atoms with Crippen LogP contribution in [0.3, 0.4) is 0 Å². The van der Waals surface area contributed by atoms with E-state index in [1.807, 2.05) is 0 Å². The maximum atomic E-state index is 2.48. The first kappa shape index (κ1) is 5.78. The van der Waals surface area contributed by atoms with Crippen LogP contribution >= 0.6 is 0 Å². The first-order chi connectivity index (χ1) is 3.39. The van der Waals surface area contributed by atoms with Gasteiger partial charge >= 0.3 is 55.9 Å². The van der Waals surface area contributed by atoms with Gasteiger partial charge in [0.15, 0.2) is 0 Å². The van der Waals surface area contributed by atoms with Crippen LogP contribution in [0.4, 0.5) is 0 Å². The third-order valence-corrected chi connectivity index (χ3v) is 2.63. The molecule has 0 unspecified atom stereocenters. The van der Waals surface area contributed by atoms with Crippen molar-refractivity contribution in [2.45, 2.75) is 19.3 Å². The molecule has 0 bridgehead atoms. The average Bonchev–Trinajstić information content (AvgIpc) is 1.69. The minimum absolute atomic E-state index is 1.36. The molecular formula is C5H10NW. The van der Waals surface area contributed by atoms with E-state index >= 15 is 0 Å². The van der Waals surface area contributed by atoms with E-state index in [0.29, 0.717) is 0 Å². The van der Waals surface area contributed by atoms with Crippen molar-refractivity contribution >= 4 is 0 Å². The average molecular weight is 268 g/mol. The van der Waals surface area contributed by atoms with Crippen LogP contribution in [0.15, 0.2) is 0 Å². The van der Waals surface area contributed by atoms with Gasteiger partial charge < -0.3 is 0 Å². The summed E-state index contributed by atoms with van der Waals surface area (Å²) in [7, 11) is 0. The van der Waals surface area contributed by atoms with Gasteiger partial charge in [-0.3, -0.25) is 0 Å². The Morgan fingerprint density at radius 3 is 1.86 bits per heavy atom. The molecule has 0 saturated carbocycles.